The van der Waals surface area contributed by atoms with Crippen LogP contribution in [0.4, 0.5) is 11.5 Å². The Morgan fingerprint density at radius 1 is 1.45 bits per heavy atom. The van der Waals surface area contributed by atoms with Gasteiger partial charge in [-0.1, -0.05) is 13.3 Å². The molecule has 1 aromatic rings. The van der Waals surface area contributed by atoms with Crippen molar-refractivity contribution in [2.45, 2.75) is 45.2 Å². The van der Waals surface area contributed by atoms with Crippen LogP contribution in [0.3, 0.4) is 0 Å². The van der Waals surface area contributed by atoms with E-state index in [9.17, 15) is 14.7 Å². The minimum atomic E-state index is -0.497. The molecule has 0 radical (unpaired) electrons. The summed E-state index contributed by atoms with van der Waals surface area (Å²) in [6, 6.07) is 0.0241. The molecule has 5 N–H and O–H groups in total. The van der Waals surface area contributed by atoms with Crippen LogP contribution in [0.5, 0.6) is 0 Å². The van der Waals surface area contributed by atoms with Gasteiger partial charge in [-0.2, -0.15) is 0 Å². The van der Waals surface area contributed by atoms with E-state index in [1.54, 1.807) is 0 Å². The summed E-state index contributed by atoms with van der Waals surface area (Å²) in [4.78, 5) is 25.9. The number of nitrogens with two attached hydrogens (primary N) is 1. The van der Waals surface area contributed by atoms with Crippen LogP contribution in [-0.2, 0) is 6.54 Å². The number of aromatic nitrogens is 2. The Bertz CT molecular complexity index is 578. The van der Waals surface area contributed by atoms with Gasteiger partial charge in [0.15, 0.2) is 0 Å². The van der Waals surface area contributed by atoms with Crippen molar-refractivity contribution in [3.8, 4) is 0 Å². The summed E-state index contributed by atoms with van der Waals surface area (Å²) in [6.07, 6.45) is 3.57. The van der Waals surface area contributed by atoms with Gasteiger partial charge < -0.3 is 16.2 Å². The van der Waals surface area contributed by atoms with Gasteiger partial charge in [-0.25, -0.2) is 4.79 Å². The van der Waals surface area contributed by atoms with Gasteiger partial charge >= 0.3 is 5.69 Å². The van der Waals surface area contributed by atoms with Crippen molar-refractivity contribution in [1.82, 2.24) is 9.55 Å². The molecule has 7 nitrogen and oxygen atoms in total. The minimum Gasteiger partial charge on any atom is -0.396 e. The largest absolute Gasteiger partial charge is 0.396 e. The van der Waals surface area contributed by atoms with Gasteiger partial charge in [0.2, 0.25) is 0 Å². The van der Waals surface area contributed by atoms with Crippen molar-refractivity contribution in [3.63, 3.8) is 0 Å². The first-order chi connectivity index (χ1) is 9.58. The Balaban J connectivity index is 2.34. The lowest BCUT2D eigenvalue weighted by Crippen LogP contribution is -2.37. The van der Waals surface area contributed by atoms with E-state index in [-0.39, 0.29) is 30.1 Å². The predicted octanol–water partition coefficient (Wildman–Crippen LogP) is 0.102. The SMILES string of the molecule is CCCn1c(N)c(NC2CCCC2CO)c(=O)[nH]c1=O. The molecule has 0 saturated heterocycles. The summed E-state index contributed by atoms with van der Waals surface area (Å²) in [7, 11) is 0. The normalized spacial score (nSPS) is 22.1. The average molecular weight is 282 g/mol. The summed E-state index contributed by atoms with van der Waals surface area (Å²) in [6.45, 7) is 2.48. The monoisotopic (exact) mass is 282 g/mol. The first kappa shape index (κ1) is 14.6. The third-order valence-electron chi connectivity index (χ3n) is 3.91. The maximum absolute atomic E-state index is 11.9. The zero-order chi connectivity index (χ0) is 14.7. The van der Waals surface area contributed by atoms with Crippen molar-refractivity contribution in [2.75, 3.05) is 17.7 Å². The smallest absolute Gasteiger partial charge is 0.330 e. The molecule has 0 bridgehead atoms. The Kier molecular flexibility index (Phi) is 4.49. The summed E-state index contributed by atoms with van der Waals surface area (Å²) in [5.41, 5.74) is 5.22. The number of rotatable bonds is 5. The van der Waals surface area contributed by atoms with Gasteiger partial charge in [-0.3, -0.25) is 14.3 Å². The zero-order valence-electron chi connectivity index (χ0n) is 11.7. The number of aliphatic hydroxyl groups is 1. The summed E-state index contributed by atoms with van der Waals surface area (Å²) < 4.78 is 1.37. The first-order valence-electron chi connectivity index (χ1n) is 7.08. The van der Waals surface area contributed by atoms with E-state index >= 15 is 0 Å². The second kappa shape index (κ2) is 6.13. The number of nitrogen functional groups attached to an aromatic ring is 1. The molecule has 2 atom stereocenters. The highest BCUT2D eigenvalue weighted by molar-refractivity contribution is 5.61. The molecule has 0 spiro atoms. The van der Waals surface area contributed by atoms with Crippen molar-refractivity contribution in [3.05, 3.63) is 20.8 Å². The predicted molar refractivity (Wildman–Crippen MR) is 77.9 cm³/mol. The zero-order valence-corrected chi connectivity index (χ0v) is 11.7. The molecule has 1 saturated carbocycles. The second-order valence-corrected chi connectivity index (χ2v) is 5.30. The van der Waals surface area contributed by atoms with E-state index in [4.69, 9.17) is 5.73 Å². The van der Waals surface area contributed by atoms with Gasteiger partial charge in [0.1, 0.15) is 11.5 Å². The maximum atomic E-state index is 11.9. The van der Waals surface area contributed by atoms with E-state index in [0.29, 0.717) is 6.54 Å². The number of hydrogen-bond acceptors (Lipinski definition) is 5. The van der Waals surface area contributed by atoms with Gasteiger partial charge in [0.25, 0.3) is 5.56 Å². The number of anilines is 2. The number of H-pyrrole nitrogens is 1. The lowest BCUT2D eigenvalue weighted by Gasteiger charge is -2.21. The molecule has 1 aliphatic rings. The van der Waals surface area contributed by atoms with Gasteiger partial charge in [0.05, 0.1) is 0 Å². The lowest BCUT2D eigenvalue weighted by molar-refractivity contribution is 0.222. The van der Waals surface area contributed by atoms with Gasteiger partial charge in [0, 0.05) is 25.1 Å². The Morgan fingerprint density at radius 3 is 2.85 bits per heavy atom. The van der Waals surface area contributed by atoms with Crippen LogP contribution in [0.2, 0.25) is 0 Å². The summed E-state index contributed by atoms with van der Waals surface area (Å²) in [5.74, 6) is 0.296. The molecule has 112 valence electrons. The third kappa shape index (κ3) is 2.72. The topological polar surface area (TPSA) is 113 Å². The van der Waals surface area contributed by atoms with E-state index < -0.39 is 11.2 Å². The average Bonchev–Trinajstić information content (AvgIpc) is 2.86. The van der Waals surface area contributed by atoms with E-state index in [0.717, 1.165) is 25.7 Å². The standard InChI is InChI=1S/C13H22N4O3/c1-2-6-17-11(14)10(12(19)16-13(17)20)15-9-5-3-4-8(9)7-18/h8-9,15,18H,2-7,14H2,1H3,(H,16,19,20). The molecule has 0 amide bonds. The number of aliphatic hydroxyl groups excluding tert-OH is 1. The van der Waals surface area contributed by atoms with Gasteiger partial charge in [-0.05, 0) is 19.3 Å². The first-order valence-corrected chi connectivity index (χ1v) is 7.08. The molecule has 0 aromatic carbocycles. The van der Waals surface area contributed by atoms with Crippen molar-refractivity contribution >= 4 is 11.5 Å². The molecule has 1 aliphatic carbocycles. The molecule has 0 aliphatic heterocycles. The highest BCUT2D eigenvalue weighted by Crippen LogP contribution is 2.28. The van der Waals surface area contributed by atoms with Crippen LogP contribution in [0.25, 0.3) is 0 Å². The van der Waals surface area contributed by atoms with Crippen LogP contribution in [0.15, 0.2) is 9.59 Å². The highest BCUT2D eigenvalue weighted by atomic mass is 16.3. The molecule has 2 rings (SSSR count). The molecular weight excluding hydrogens is 260 g/mol. The van der Waals surface area contributed by atoms with E-state index in [1.165, 1.54) is 4.57 Å². The second-order valence-electron chi connectivity index (χ2n) is 5.30. The molecule has 1 heterocycles. The fourth-order valence-electron chi connectivity index (χ4n) is 2.80. The number of aromatic amines is 1. The van der Waals surface area contributed by atoms with Crippen molar-refractivity contribution in [2.24, 2.45) is 5.92 Å². The number of nitrogens with one attached hydrogen (secondary N) is 2. The molecule has 2 unspecified atom stereocenters. The van der Waals surface area contributed by atoms with Crippen LogP contribution in [0, 0.1) is 5.92 Å². The fraction of sp³-hybridized carbons (Fsp3) is 0.692. The van der Waals surface area contributed by atoms with Gasteiger partial charge in [-0.15, -0.1) is 0 Å². The fourth-order valence-corrected chi connectivity index (χ4v) is 2.80. The van der Waals surface area contributed by atoms with Crippen molar-refractivity contribution < 1.29 is 5.11 Å². The minimum absolute atomic E-state index is 0.0241. The van der Waals surface area contributed by atoms with Crippen LogP contribution in [0.1, 0.15) is 32.6 Å². The Morgan fingerprint density at radius 2 is 2.20 bits per heavy atom. The molecule has 1 aromatic heterocycles. The van der Waals surface area contributed by atoms with E-state index in [2.05, 4.69) is 10.3 Å². The molecule has 1 fully saturated rings. The van der Waals surface area contributed by atoms with E-state index in [1.807, 2.05) is 6.92 Å². The number of nitrogens with zero attached hydrogens (tertiary/aromatic N) is 1. The molecule has 20 heavy (non-hydrogen) atoms. The maximum Gasteiger partial charge on any atom is 0.330 e. The third-order valence-corrected chi connectivity index (χ3v) is 3.91. The highest BCUT2D eigenvalue weighted by Gasteiger charge is 2.28. The summed E-state index contributed by atoms with van der Waals surface area (Å²) >= 11 is 0. The molecule has 7 heteroatoms. The van der Waals surface area contributed by atoms with Crippen LogP contribution in [-0.4, -0.2) is 27.3 Å². The Hall–Kier alpha value is -1.76. The number of hydrogen-bond donors (Lipinski definition) is 4. The van der Waals surface area contributed by atoms with Crippen LogP contribution < -0.4 is 22.3 Å². The van der Waals surface area contributed by atoms with Crippen molar-refractivity contribution in [1.29, 1.82) is 0 Å². The molecular formula is C13H22N4O3. The lowest BCUT2D eigenvalue weighted by atomic mass is 10.1. The summed E-state index contributed by atoms with van der Waals surface area (Å²) in [5, 5.41) is 12.4. The van der Waals surface area contributed by atoms with Crippen LogP contribution >= 0.6 is 0 Å². The Labute approximate surface area is 116 Å². The quantitative estimate of drug-likeness (QED) is 0.612.